The monoisotopic (exact) mass is 273 g/mol. The summed E-state index contributed by atoms with van der Waals surface area (Å²) >= 11 is 0. The average Bonchev–Trinajstić information content (AvgIpc) is 2.76. The fraction of sp³-hybridized carbons (Fsp3) is 0.375. The van der Waals surface area contributed by atoms with E-state index >= 15 is 0 Å². The zero-order valence-corrected chi connectivity index (χ0v) is 12.2. The number of nitrogens with zero attached hydrogens (tertiary/aromatic N) is 1. The van der Waals surface area contributed by atoms with Gasteiger partial charge in [-0.3, -0.25) is 4.79 Å². The second-order valence-corrected chi connectivity index (χ2v) is 5.30. The lowest BCUT2D eigenvalue weighted by Gasteiger charge is -2.12. The Bertz CT molecular complexity index is 695. The number of carbonyl (C=O) groups is 2. The molecule has 2 rings (SSSR count). The number of benzene rings is 1. The molecule has 0 saturated carbocycles. The number of aromatic carboxylic acids is 1. The molecule has 0 aliphatic heterocycles. The van der Waals surface area contributed by atoms with Crippen LogP contribution in [0.1, 0.15) is 60.0 Å². The highest BCUT2D eigenvalue weighted by Gasteiger charge is 2.20. The molecular weight excluding hydrogens is 254 g/mol. The molecule has 2 aromatic rings. The number of Topliss-reactive ketones (excluding diaryl/α,β-unsaturated/α-hetero) is 1. The summed E-state index contributed by atoms with van der Waals surface area (Å²) in [5.74, 6) is -1.00. The minimum atomic E-state index is -0.958. The molecule has 0 aliphatic rings. The van der Waals surface area contributed by atoms with E-state index in [0.717, 1.165) is 17.4 Å². The van der Waals surface area contributed by atoms with Gasteiger partial charge in [-0.2, -0.15) is 0 Å². The van der Waals surface area contributed by atoms with E-state index < -0.39 is 5.97 Å². The van der Waals surface area contributed by atoms with Gasteiger partial charge >= 0.3 is 5.97 Å². The molecule has 1 aromatic carbocycles. The summed E-state index contributed by atoms with van der Waals surface area (Å²) in [6.45, 7) is 7.43. The Labute approximate surface area is 118 Å². The summed E-state index contributed by atoms with van der Waals surface area (Å²) in [4.78, 5) is 23.4. The highest BCUT2D eigenvalue weighted by atomic mass is 16.4. The molecule has 20 heavy (non-hydrogen) atoms. The Kier molecular flexibility index (Phi) is 3.66. The van der Waals surface area contributed by atoms with Crippen LogP contribution in [0.15, 0.2) is 18.3 Å². The maximum absolute atomic E-state index is 11.8. The zero-order valence-electron chi connectivity index (χ0n) is 12.2. The maximum atomic E-state index is 11.8. The number of hydrogen-bond donors (Lipinski definition) is 1. The number of ketones is 1. The van der Waals surface area contributed by atoms with Crippen molar-refractivity contribution < 1.29 is 14.7 Å². The van der Waals surface area contributed by atoms with Crippen molar-refractivity contribution in [3.05, 3.63) is 35.0 Å². The molecule has 0 atom stereocenters. The molecule has 0 fully saturated rings. The minimum absolute atomic E-state index is 0.0426. The first-order valence-electron chi connectivity index (χ1n) is 6.78. The van der Waals surface area contributed by atoms with Crippen LogP contribution < -0.4 is 0 Å². The van der Waals surface area contributed by atoms with E-state index in [4.69, 9.17) is 0 Å². The van der Waals surface area contributed by atoms with E-state index in [9.17, 15) is 14.7 Å². The van der Waals surface area contributed by atoms with Crippen molar-refractivity contribution in [1.29, 1.82) is 0 Å². The fourth-order valence-corrected chi connectivity index (χ4v) is 2.51. The molecule has 0 amide bonds. The summed E-state index contributed by atoms with van der Waals surface area (Å²) in [5, 5.41) is 10.2. The van der Waals surface area contributed by atoms with Crippen molar-refractivity contribution in [2.45, 2.75) is 40.2 Å². The molecule has 0 bridgehead atoms. The van der Waals surface area contributed by atoms with Crippen molar-refractivity contribution in [2.75, 3.05) is 0 Å². The van der Waals surface area contributed by atoms with Crippen LogP contribution in [0.4, 0.5) is 0 Å². The molecule has 0 radical (unpaired) electrons. The van der Waals surface area contributed by atoms with Crippen molar-refractivity contribution in [3.63, 3.8) is 0 Å². The average molecular weight is 273 g/mol. The number of carboxylic acid groups (broad SMARTS) is 1. The third-order valence-corrected chi connectivity index (χ3v) is 3.56. The van der Waals surface area contributed by atoms with Crippen molar-refractivity contribution in [2.24, 2.45) is 0 Å². The molecule has 106 valence electrons. The fourth-order valence-electron chi connectivity index (χ4n) is 2.51. The normalized spacial score (nSPS) is 11.2. The first kappa shape index (κ1) is 14.3. The molecule has 4 heteroatoms. The Hall–Kier alpha value is -2.10. The first-order chi connectivity index (χ1) is 9.36. The predicted octanol–water partition coefficient (Wildman–Crippen LogP) is 3.69. The van der Waals surface area contributed by atoms with Crippen LogP contribution in [0.3, 0.4) is 0 Å². The van der Waals surface area contributed by atoms with E-state index in [1.54, 1.807) is 12.3 Å². The predicted molar refractivity (Wildman–Crippen MR) is 78.7 cm³/mol. The highest BCUT2D eigenvalue weighted by molar-refractivity contribution is 6.12. The third kappa shape index (κ3) is 2.22. The second kappa shape index (κ2) is 5.12. The van der Waals surface area contributed by atoms with Gasteiger partial charge in [0.2, 0.25) is 0 Å². The molecule has 4 nitrogen and oxygen atoms in total. The van der Waals surface area contributed by atoms with Gasteiger partial charge in [0, 0.05) is 23.2 Å². The minimum Gasteiger partial charge on any atom is -0.478 e. The molecule has 0 aliphatic carbocycles. The van der Waals surface area contributed by atoms with Gasteiger partial charge in [-0.25, -0.2) is 4.79 Å². The van der Waals surface area contributed by atoms with Gasteiger partial charge in [-0.15, -0.1) is 0 Å². The van der Waals surface area contributed by atoms with Crippen LogP contribution in [0, 0.1) is 0 Å². The van der Waals surface area contributed by atoms with E-state index in [1.807, 2.05) is 31.4 Å². The van der Waals surface area contributed by atoms with Gasteiger partial charge < -0.3 is 9.67 Å². The number of carboxylic acids is 1. The van der Waals surface area contributed by atoms with E-state index in [-0.39, 0.29) is 17.4 Å². The number of rotatable bonds is 4. The smallest absolute Gasteiger partial charge is 0.337 e. The summed E-state index contributed by atoms with van der Waals surface area (Å²) < 4.78 is 1.87. The van der Waals surface area contributed by atoms with Crippen molar-refractivity contribution >= 4 is 22.7 Å². The van der Waals surface area contributed by atoms with Crippen LogP contribution >= 0.6 is 0 Å². The highest BCUT2D eigenvalue weighted by Crippen LogP contribution is 2.30. The van der Waals surface area contributed by atoms with E-state index in [2.05, 4.69) is 0 Å². The SMILES string of the molecule is CCc1cc(C(=O)O)c2c(c1)c(C(C)=O)cn2C(C)C. The van der Waals surface area contributed by atoms with Gasteiger partial charge in [0.05, 0.1) is 11.1 Å². The van der Waals surface area contributed by atoms with Gasteiger partial charge in [-0.1, -0.05) is 6.92 Å². The van der Waals surface area contributed by atoms with E-state index in [0.29, 0.717) is 11.1 Å². The quantitative estimate of drug-likeness (QED) is 0.864. The third-order valence-electron chi connectivity index (χ3n) is 3.56. The van der Waals surface area contributed by atoms with Crippen LogP contribution in [0.25, 0.3) is 10.9 Å². The van der Waals surface area contributed by atoms with Gasteiger partial charge in [0.15, 0.2) is 5.78 Å². The lowest BCUT2D eigenvalue weighted by Crippen LogP contribution is -2.05. The van der Waals surface area contributed by atoms with Crippen LogP contribution in [-0.4, -0.2) is 21.4 Å². The number of carbonyl (C=O) groups excluding carboxylic acids is 1. The Morgan fingerprint density at radius 1 is 1.25 bits per heavy atom. The number of hydrogen-bond acceptors (Lipinski definition) is 2. The number of aromatic nitrogens is 1. The zero-order chi connectivity index (χ0) is 15.0. The summed E-state index contributed by atoms with van der Waals surface area (Å²) in [6, 6.07) is 3.72. The molecule has 1 N–H and O–H groups in total. The first-order valence-corrected chi connectivity index (χ1v) is 6.78. The maximum Gasteiger partial charge on any atom is 0.337 e. The Morgan fingerprint density at radius 3 is 2.35 bits per heavy atom. The van der Waals surface area contributed by atoms with Crippen LogP contribution in [0.2, 0.25) is 0 Å². The number of fused-ring (bicyclic) bond motifs is 1. The van der Waals surface area contributed by atoms with Crippen molar-refractivity contribution in [1.82, 2.24) is 4.57 Å². The lowest BCUT2D eigenvalue weighted by molar-refractivity contribution is 0.0698. The molecule has 0 saturated heterocycles. The Morgan fingerprint density at radius 2 is 1.90 bits per heavy atom. The molecule has 1 aromatic heterocycles. The largest absolute Gasteiger partial charge is 0.478 e. The summed E-state index contributed by atoms with van der Waals surface area (Å²) in [6.07, 6.45) is 2.50. The topological polar surface area (TPSA) is 59.3 Å². The molecule has 0 unspecified atom stereocenters. The molecule has 1 heterocycles. The van der Waals surface area contributed by atoms with E-state index in [1.165, 1.54) is 6.92 Å². The summed E-state index contributed by atoms with van der Waals surface area (Å²) in [7, 11) is 0. The van der Waals surface area contributed by atoms with Crippen LogP contribution in [-0.2, 0) is 6.42 Å². The molecule has 0 spiro atoms. The molecular formula is C16H19NO3. The second-order valence-electron chi connectivity index (χ2n) is 5.30. The van der Waals surface area contributed by atoms with Crippen LogP contribution in [0.5, 0.6) is 0 Å². The lowest BCUT2D eigenvalue weighted by atomic mass is 10.0. The van der Waals surface area contributed by atoms with Gasteiger partial charge in [0.1, 0.15) is 0 Å². The standard InChI is InChI=1S/C16H19NO3/c1-5-11-6-12-14(10(4)18)8-17(9(2)3)15(12)13(7-11)16(19)20/h6-9H,5H2,1-4H3,(H,19,20). The van der Waals surface area contributed by atoms with Gasteiger partial charge in [0.25, 0.3) is 0 Å². The van der Waals surface area contributed by atoms with Gasteiger partial charge in [-0.05, 0) is 44.9 Å². The number of aryl methyl sites for hydroxylation is 1. The van der Waals surface area contributed by atoms with Crippen molar-refractivity contribution in [3.8, 4) is 0 Å². The summed E-state index contributed by atoms with van der Waals surface area (Å²) in [5.41, 5.74) is 2.42. The Balaban J connectivity index is 2.96.